The third-order valence-corrected chi connectivity index (χ3v) is 7.35. The summed E-state index contributed by atoms with van der Waals surface area (Å²) in [5, 5.41) is 0. The zero-order chi connectivity index (χ0) is 16.5. The number of hydrogen-bond acceptors (Lipinski definition) is 3. The zero-order valence-corrected chi connectivity index (χ0v) is 15.5. The number of nitrogens with zero attached hydrogens (tertiary/aromatic N) is 3. The largest absolute Gasteiger partial charge is 0.343 e. The smallest absolute Gasteiger partial charge is 0.219 e. The average molecular weight is 334 g/mol. The van der Waals surface area contributed by atoms with Gasteiger partial charge in [-0.25, -0.2) is 0 Å². The summed E-state index contributed by atoms with van der Waals surface area (Å²) in [7, 11) is 0. The van der Waals surface area contributed by atoms with Gasteiger partial charge in [-0.3, -0.25) is 14.6 Å². The molecule has 3 heterocycles. The molecular formula is C20H35N3O. The average Bonchev–Trinajstić information content (AvgIpc) is 3.10. The van der Waals surface area contributed by atoms with Crippen LogP contribution in [0.1, 0.15) is 64.7 Å². The standard InChI is InChI=1S/C20H35N3O/c1-16(24)21-12-9-18(10-13-21)23-15-14-22-11-5-8-19(22)20(23)17-6-3-2-4-7-17/h17-20H,2-15H2,1H3/t19-,20+/m1/s1. The second-order valence-corrected chi connectivity index (χ2v) is 8.61. The third kappa shape index (κ3) is 3.24. The lowest BCUT2D eigenvalue weighted by molar-refractivity contribution is -0.131. The van der Waals surface area contributed by atoms with E-state index in [1.54, 1.807) is 6.92 Å². The molecule has 3 aliphatic heterocycles. The van der Waals surface area contributed by atoms with Gasteiger partial charge in [-0.05, 0) is 51.0 Å². The van der Waals surface area contributed by atoms with Crippen LogP contribution in [0.15, 0.2) is 0 Å². The molecule has 4 aliphatic rings. The summed E-state index contributed by atoms with van der Waals surface area (Å²) in [6.45, 7) is 7.56. The van der Waals surface area contributed by atoms with E-state index in [1.807, 2.05) is 0 Å². The Morgan fingerprint density at radius 1 is 0.792 bits per heavy atom. The maximum atomic E-state index is 11.6. The zero-order valence-electron chi connectivity index (χ0n) is 15.5. The van der Waals surface area contributed by atoms with Crippen molar-refractivity contribution in [3.05, 3.63) is 0 Å². The molecule has 4 heteroatoms. The number of amides is 1. The molecule has 0 spiro atoms. The second kappa shape index (κ2) is 7.33. The molecule has 1 amide bonds. The van der Waals surface area contributed by atoms with Crippen LogP contribution in [-0.2, 0) is 4.79 Å². The van der Waals surface area contributed by atoms with Crippen LogP contribution in [0.4, 0.5) is 0 Å². The Labute approximate surface area is 147 Å². The predicted octanol–water partition coefficient (Wildman–Crippen LogP) is 2.73. The normalized spacial score (nSPS) is 34.5. The van der Waals surface area contributed by atoms with E-state index in [0.29, 0.717) is 0 Å². The van der Waals surface area contributed by atoms with Gasteiger partial charge in [-0.1, -0.05) is 19.3 Å². The molecule has 3 saturated heterocycles. The van der Waals surface area contributed by atoms with Crippen LogP contribution in [0.25, 0.3) is 0 Å². The van der Waals surface area contributed by atoms with Gasteiger partial charge in [0.1, 0.15) is 0 Å². The summed E-state index contributed by atoms with van der Waals surface area (Å²) in [4.78, 5) is 19.4. The van der Waals surface area contributed by atoms with E-state index in [-0.39, 0.29) is 5.91 Å². The fourth-order valence-electron chi connectivity index (χ4n) is 6.13. The van der Waals surface area contributed by atoms with Crippen molar-refractivity contribution in [3.63, 3.8) is 0 Å². The molecule has 0 aromatic heterocycles. The number of rotatable bonds is 2. The van der Waals surface area contributed by atoms with Crippen molar-refractivity contribution in [1.29, 1.82) is 0 Å². The fraction of sp³-hybridized carbons (Fsp3) is 0.950. The number of piperidine rings is 1. The number of carbonyl (C=O) groups is 1. The minimum absolute atomic E-state index is 0.262. The van der Waals surface area contributed by atoms with Gasteiger partial charge in [-0.15, -0.1) is 0 Å². The minimum Gasteiger partial charge on any atom is -0.343 e. The van der Waals surface area contributed by atoms with Gasteiger partial charge in [0, 0.05) is 51.2 Å². The SMILES string of the molecule is CC(=O)N1CCC(N2CCN3CCC[C@@H]3[C@@H]2C2CCCCC2)CC1. The predicted molar refractivity (Wildman–Crippen MR) is 96.9 cm³/mol. The quantitative estimate of drug-likeness (QED) is 0.777. The van der Waals surface area contributed by atoms with Gasteiger partial charge in [0.15, 0.2) is 0 Å². The molecule has 0 aromatic rings. The van der Waals surface area contributed by atoms with Crippen LogP contribution in [-0.4, -0.2) is 71.5 Å². The van der Waals surface area contributed by atoms with E-state index < -0.39 is 0 Å². The molecule has 1 saturated carbocycles. The molecule has 0 aromatic carbocycles. The Hall–Kier alpha value is -0.610. The van der Waals surface area contributed by atoms with E-state index in [0.717, 1.165) is 37.1 Å². The number of piperazine rings is 1. The van der Waals surface area contributed by atoms with Crippen LogP contribution in [0.2, 0.25) is 0 Å². The fourth-order valence-corrected chi connectivity index (χ4v) is 6.13. The molecule has 2 atom stereocenters. The summed E-state index contributed by atoms with van der Waals surface area (Å²) < 4.78 is 0. The molecular weight excluding hydrogens is 298 g/mol. The Kier molecular flexibility index (Phi) is 5.14. The van der Waals surface area contributed by atoms with Crippen LogP contribution >= 0.6 is 0 Å². The Bertz CT molecular complexity index is 440. The van der Waals surface area contributed by atoms with Crippen molar-refractivity contribution in [1.82, 2.24) is 14.7 Å². The van der Waals surface area contributed by atoms with E-state index in [2.05, 4.69) is 14.7 Å². The van der Waals surface area contributed by atoms with Crippen molar-refractivity contribution in [2.24, 2.45) is 5.92 Å². The Morgan fingerprint density at radius 3 is 2.25 bits per heavy atom. The lowest BCUT2D eigenvalue weighted by Crippen LogP contribution is -2.63. The summed E-state index contributed by atoms with van der Waals surface area (Å²) in [6.07, 6.45) is 12.5. The first-order valence-corrected chi connectivity index (χ1v) is 10.5. The first-order chi connectivity index (χ1) is 11.7. The van der Waals surface area contributed by atoms with Crippen molar-refractivity contribution >= 4 is 5.91 Å². The number of likely N-dealkylation sites (tertiary alicyclic amines) is 1. The monoisotopic (exact) mass is 333 g/mol. The van der Waals surface area contributed by atoms with Gasteiger partial charge in [0.25, 0.3) is 0 Å². The molecule has 4 nitrogen and oxygen atoms in total. The van der Waals surface area contributed by atoms with Crippen LogP contribution in [0.5, 0.6) is 0 Å². The van der Waals surface area contributed by atoms with Crippen molar-refractivity contribution < 1.29 is 4.79 Å². The highest BCUT2D eigenvalue weighted by molar-refractivity contribution is 5.73. The molecule has 4 fully saturated rings. The Morgan fingerprint density at radius 2 is 1.54 bits per heavy atom. The maximum Gasteiger partial charge on any atom is 0.219 e. The lowest BCUT2D eigenvalue weighted by atomic mass is 9.78. The molecule has 0 N–H and O–H groups in total. The summed E-state index contributed by atoms with van der Waals surface area (Å²) in [5.41, 5.74) is 0. The van der Waals surface area contributed by atoms with Crippen LogP contribution < -0.4 is 0 Å². The van der Waals surface area contributed by atoms with E-state index in [9.17, 15) is 4.79 Å². The van der Waals surface area contributed by atoms with Gasteiger partial charge < -0.3 is 4.90 Å². The first-order valence-electron chi connectivity index (χ1n) is 10.5. The molecule has 4 rings (SSSR count). The number of fused-ring (bicyclic) bond motifs is 1. The lowest BCUT2D eigenvalue weighted by Gasteiger charge is -2.53. The second-order valence-electron chi connectivity index (χ2n) is 8.61. The maximum absolute atomic E-state index is 11.6. The van der Waals surface area contributed by atoms with Crippen molar-refractivity contribution in [3.8, 4) is 0 Å². The molecule has 0 radical (unpaired) electrons. The summed E-state index contributed by atoms with van der Waals surface area (Å²) in [6, 6.07) is 2.35. The highest BCUT2D eigenvalue weighted by atomic mass is 16.2. The topological polar surface area (TPSA) is 26.8 Å². The number of hydrogen-bond donors (Lipinski definition) is 0. The van der Waals surface area contributed by atoms with Gasteiger partial charge >= 0.3 is 0 Å². The first kappa shape index (κ1) is 16.8. The number of carbonyl (C=O) groups excluding carboxylic acids is 1. The van der Waals surface area contributed by atoms with Gasteiger partial charge in [0.05, 0.1) is 0 Å². The van der Waals surface area contributed by atoms with Crippen LogP contribution in [0, 0.1) is 5.92 Å². The van der Waals surface area contributed by atoms with Crippen LogP contribution in [0.3, 0.4) is 0 Å². The van der Waals surface area contributed by atoms with E-state index >= 15 is 0 Å². The molecule has 1 aliphatic carbocycles. The Balaban J connectivity index is 1.48. The third-order valence-electron chi connectivity index (χ3n) is 7.35. The van der Waals surface area contributed by atoms with Gasteiger partial charge in [-0.2, -0.15) is 0 Å². The van der Waals surface area contributed by atoms with Crippen molar-refractivity contribution in [2.75, 3.05) is 32.7 Å². The molecule has 136 valence electrons. The molecule has 24 heavy (non-hydrogen) atoms. The molecule has 0 bridgehead atoms. The molecule has 0 unspecified atom stereocenters. The minimum atomic E-state index is 0.262. The summed E-state index contributed by atoms with van der Waals surface area (Å²) >= 11 is 0. The highest BCUT2D eigenvalue weighted by Gasteiger charge is 2.45. The summed E-state index contributed by atoms with van der Waals surface area (Å²) in [5.74, 6) is 1.19. The van der Waals surface area contributed by atoms with Crippen molar-refractivity contribution in [2.45, 2.75) is 82.8 Å². The highest BCUT2D eigenvalue weighted by Crippen LogP contribution is 2.39. The van der Waals surface area contributed by atoms with Gasteiger partial charge in [0.2, 0.25) is 5.91 Å². The van der Waals surface area contributed by atoms with E-state index in [4.69, 9.17) is 0 Å². The van der Waals surface area contributed by atoms with E-state index in [1.165, 1.54) is 77.4 Å².